The van der Waals surface area contributed by atoms with Gasteiger partial charge in [0.15, 0.2) is 0 Å². The first-order valence-corrected chi connectivity index (χ1v) is 7.41. The Morgan fingerprint density at radius 1 is 1.16 bits per heavy atom. The third kappa shape index (κ3) is 2.65. The molecule has 0 aliphatic carbocycles. The van der Waals surface area contributed by atoms with Crippen molar-refractivity contribution in [2.45, 2.75) is 13.8 Å². The summed E-state index contributed by atoms with van der Waals surface area (Å²) in [5.74, 6) is 0. The number of hydrogen-bond donors (Lipinski definition) is 0. The summed E-state index contributed by atoms with van der Waals surface area (Å²) in [6.07, 6.45) is 3.90. The Hall–Kier alpha value is -1.39. The topological polar surface area (TPSA) is 25.4 Å². The first-order valence-electron chi connectivity index (χ1n) is 6.59. The van der Waals surface area contributed by atoms with Crippen molar-refractivity contribution in [3.8, 4) is 10.4 Å². The fraction of sp³-hybridized carbons (Fsp3) is 0.400. The number of rotatable bonds is 2. The molecule has 100 valence electrons. The summed E-state index contributed by atoms with van der Waals surface area (Å²) >= 11 is 1.84. The molecule has 1 aliphatic heterocycles. The smallest absolute Gasteiger partial charge is 0.0642 e. The van der Waals surface area contributed by atoms with Crippen LogP contribution in [0, 0.1) is 13.8 Å². The lowest BCUT2D eigenvalue weighted by Gasteiger charge is -2.28. The minimum Gasteiger partial charge on any atom is -0.378 e. The third-order valence-electron chi connectivity index (χ3n) is 3.55. The van der Waals surface area contributed by atoms with E-state index in [2.05, 4.69) is 35.9 Å². The Morgan fingerprint density at radius 3 is 2.63 bits per heavy atom. The number of thiophene rings is 1. The van der Waals surface area contributed by atoms with Crippen molar-refractivity contribution in [3.05, 3.63) is 35.0 Å². The van der Waals surface area contributed by atoms with Crippen LogP contribution < -0.4 is 4.90 Å². The number of morpholine rings is 1. The number of pyridine rings is 1. The summed E-state index contributed by atoms with van der Waals surface area (Å²) < 4.78 is 5.40. The van der Waals surface area contributed by atoms with E-state index in [0.717, 1.165) is 26.3 Å². The van der Waals surface area contributed by atoms with Gasteiger partial charge in [0.1, 0.15) is 0 Å². The van der Waals surface area contributed by atoms with Crippen LogP contribution in [0.3, 0.4) is 0 Å². The van der Waals surface area contributed by atoms with Crippen molar-refractivity contribution in [3.63, 3.8) is 0 Å². The summed E-state index contributed by atoms with van der Waals surface area (Å²) in [6.45, 7) is 7.85. The Labute approximate surface area is 117 Å². The SMILES string of the molecule is Cc1cc(-c2cncc(N3CCOCC3)c2)sc1C. The lowest BCUT2D eigenvalue weighted by atomic mass is 10.2. The fourth-order valence-corrected chi connectivity index (χ4v) is 3.29. The zero-order valence-corrected chi connectivity index (χ0v) is 12.2. The molecule has 3 heterocycles. The van der Waals surface area contributed by atoms with Crippen molar-refractivity contribution < 1.29 is 4.74 Å². The van der Waals surface area contributed by atoms with Gasteiger partial charge in [-0.25, -0.2) is 0 Å². The molecule has 0 spiro atoms. The summed E-state index contributed by atoms with van der Waals surface area (Å²) in [7, 11) is 0. The molecule has 4 heteroatoms. The van der Waals surface area contributed by atoms with Crippen LogP contribution in [0.2, 0.25) is 0 Å². The van der Waals surface area contributed by atoms with Gasteiger partial charge in [-0.05, 0) is 31.5 Å². The molecule has 3 nitrogen and oxygen atoms in total. The summed E-state index contributed by atoms with van der Waals surface area (Å²) in [6, 6.07) is 4.49. The molecule has 3 rings (SSSR count). The fourth-order valence-electron chi connectivity index (χ4n) is 2.27. The molecule has 0 radical (unpaired) electrons. The molecule has 0 atom stereocenters. The molecule has 0 bridgehead atoms. The normalized spacial score (nSPS) is 15.8. The van der Waals surface area contributed by atoms with Crippen LogP contribution in [0.25, 0.3) is 10.4 Å². The average molecular weight is 274 g/mol. The number of nitrogens with zero attached hydrogens (tertiary/aromatic N) is 2. The molecule has 1 aliphatic rings. The van der Waals surface area contributed by atoms with Gasteiger partial charge in [0.05, 0.1) is 25.1 Å². The van der Waals surface area contributed by atoms with E-state index in [9.17, 15) is 0 Å². The summed E-state index contributed by atoms with van der Waals surface area (Å²) in [5.41, 5.74) is 3.77. The standard InChI is InChI=1S/C15H18N2OS/c1-11-7-15(19-12(11)2)13-8-14(10-16-9-13)17-3-5-18-6-4-17/h7-10H,3-6H2,1-2H3. The van der Waals surface area contributed by atoms with Crippen LogP contribution in [0.15, 0.2) is 24.5 Å². The Morgan fingerprint density at radius 2 is 1.95 bits per heavy atom. The second-order valence-electron chi connectivity index (χ2n) is 4.88. The van der Waals surface area contributed by atoms with Gasteiger partial charge in [-0.1, -0.05) is 0 Å². The van der Waals surface area contributed by atoms with Gasteiger partial charge in [-0.2, -0.15) is 0 Å². The Balaban J connectivity index is 1.90. The molecule has 0 N–H and O–H groups in total. The Bertz CT molecular complexity index is 554. The van der Waals surface area contributed by atoms with Crippen LogP contribution in [-0.4, -0.2) is 31.3 Å². The van der Waals surface area contributed by atoms with E-state index in [0.29, 0.717) is 0 Å². The molecule has 0 saturated carbocycles. The van der Waals surface area contributed by atoms with E-state index in [4.69, 9.17) is 4.74 Å². The first kappa shape index (κ1) is 12.6. The zero-order valence-electron chi connectivity index (χ0n) is 11.3. The maximum Gasteiger partial charge on any atom is 0.0642 e. The van der Waals surface area contributed by atoms with Crippen molar-refractivity contribution in [2.75, 3.05) is 31.2 Å². The van der Waals surface area contributed by atoms with E-state index in [1.165, 1.54) is 26.6 Å². The number of aryl methyl sites for hydroxylation is 2. The van der Waals surface area contributed by atoms with Crippen molar-refractivity contribution in [1.29, 1.82) is 0 Å². The molecule has 19 heavy (non-hydrogen) atoms. The van der Waals surface area contributed by atoms with Gasteiger partial charge >= 0.3 is 0 Å². The van der Waals surface area contributed by atoms with Gasteiger partial charge in [-0.3, -0.25) is 4.98 Å². The second kappa shape index (κ2) is 5.31. The highest BCUT2D eigenvalue weighted by atomic mass is 32.1. The molecular weight excluding hydrogens is 256 g/mol. The molecular formula is C15H18N2OS. The zero-order chi connectivity index (χ0) is 13.2. The van der Waals surface area contributed by atoms with Crippen molar-refractivity contribution in [2.24, 2.45) is 0 Å². The highest BCUT2D eigenvalue weighted by Crippen LogP contribution is 2.32. The number of anilines is 1. The van der Waals surface area contributed by atoms with Crippen LogP contribution in [0.5, 0.6) is 0 Å². The predicted molar refractivity (Wildman–Crippen MR) is 80.1 cm³/mol. The summed E-state index contributed by atoms with van der Waals surface area (Å²) in [5, 5.41) is 0. The monoisotopic (exact) mass is 274 g/mol. The first-order chi connectivity index (χ1) is 9.24. The van der Waals surface area contributed by atoms with Gasteiger partial charge < -0.3 is 9.64 Å². The van der Waals surface area contributed by atoms with E-state index < -0.39 is 0 Å². The number of hydrogen-bond acceptors (Lipinski definition) is 4. The highest BCUT2D eigenvalue weighted by molar-refractivity contribution is 7.15. The molecule has 0 aromatic carbocycles. The lowest BCUT2D eigenvalue weighted by molar-refractivity contribution is 0.122. The van der Waals surface area contributed by atoms with E-state index in [1.807, 2.05) is 23.7 Å². The maximum absolute atomic E-state index is 5.40. The maximum atomic E-state index is 5.40. The quantitative estimate of drug-likeness (QED) is 0.840. The van der Waals surface area contributed by atoms with Gasteiger partial charge in [0, 0.05) is 34.6 Å². The van der Waals surface area contributed by atoms with Crippen LogP contribution in [-0.2, 0) is 4.74 Å². The molecule has 2 aromatic heterocycles. The van der Waals surface area contributed by atoms with Crippen molar-refractivity contribution in [1.82, 2.24) is 4.98 Å². The second-order valence-corrected chi connectivity index (χ2v) is 6.14. The lowest BCUT2D eigenvalue weighted by Crippen LogP contribution is -2.36. The molecule has 2 aromatic rings. The van der Waals surface area contributed by atoms with Gasteiger partial charge in [0.2, 0.25) is 0 Å². The summed E-state index contributed by atoms with van der Waals surface area (Å²) in [4.78, 5) is 9.42. The van der Waals surface area contributed by atoms with Crippen LogP contribution >= 0.6 is 11.3 Å². The van der Waals surface area contributed by atoms with Crippen LogP contribution in [0.4, 0.5) is 5.69 Å². The van der Waals surface area contributed by atoms with Crippen LogP contribution in [0.1, 0.15) is 10.4 Å². The number of ether oxygens (including phenoxy) is 1. The molecule has 1 fully saturated rings. The molecule has 0 amide bonds. The highest BCUT2D eigenvalue weighted by Gasteiger charge is 2.13. The third-order valence-corrected chi connectivity index (χ3v) is 4.75. The predicted octanol–water partition coefficient (Wildman–Crippen LogP) is 3.26. The molecule has 0 unspecified atom stereocenters. The van der Waals surface area contributed by atoms with Gasteiger partial charge in [0.25, 0.3) is 0 Å². The Kier molecular flexibility index (Phi) is 3.53. The van der Waals surface area contributed by atoms with E-state index in [-0.39, 0.29) is 0 Å². The largest absolute Gasteiger partial charge is 0.378 e. The number of aromatic nitrogens is 1. The average Bonchev–Trinajstić information content (AvgIpc) is 2.80. The van der Waals surface area contributed by atoms with E-state index >= 15 is 0 Å². The van der Waals surface area contributed by atoms with E-state index in [1.54, 1.807) is 0 Å². The minimum absolute atomic E-state index is 0.807. The minimum atomic E-state index is 0.807. The van der Waals surface area contributed by atoms with Gasteiger partial charge in [-0.15, -0.1) is 11.3 Å². The molecule has 1 saturated heterocycles. The van der Waals surface area contributed by atoms with Crippen molar-refractivity contribution >= 4 is 17.0 Å².